The van der Waals surface area contributed by atoms with Crippen molar-refractivity contribution in [2.45, 2.75) is 26.7 Å². The molecule has 15 heavy (non-hydrogen) atoms. The van der Waals surface area contributed by atoms with E-state index < -0.39 is 5.97 Å². The topological polar surface area (TPSA) is 66.4 Å². The number of carbonyl (C=O) groups is 2. The summed E-state index contributed by atoms with van der Waals surface area (Å²) in [4.78, 5) is 22.6. The summed E-state index contributed by atoms with van der Waals surface area (Å²) < 4.78 is 0. The number of hydrogen-bond donors (Lipinski definition) is 2. The SMILES string of the molecule is CC1=C(C(=O)O)C(C)C2=C(CCC2=O)N1. The number of allylic oxidation sites excluding steroid dienone is 3. The second kappa shape index (κ2) is 3.22. The first-order chi connectivity index (χ1) is 7.02. The Balaban J connectivity index is 2.44. The van der Waals surface area contributed by atoms with Crippen LogP contribution in [0.3, 0.4) is 0 Å². The first-order valence-corrected chi connectivity index (χ1v) is 4.99. The minimum absolute atomic E-state index is 0.0799. The fraction of sp³-hybridized carbons (Fsp3) is 0.455. The van der Waals surface area contributed by atoms with Gasteiger partial charge in [0.25, 0.3) is 0 Å². The largest absolute Gasteiger partial charge is 0.478 e. The maximum Gasteiger partial charge on any atom is 0.333 e. The third kappa shape index (κ3) is 1.37. The van der Waals surface area contributed by atoms with Gasteiger partial charge in [0.1, 0.15) is 0 Å². The Bertz CT molecular complexity index is 416. The smallest absolute Gasteiger partial charge is 0.333 e. The highest BCUT2D eigenvalue weighted by molar-refractivity contribution is 6.02. The molecule has 4 nitrogen and oxygen atoms in total. The van der Waals surface area contributed by atoms with E-state index in [0.29, 0.717) is 29.7 Å². The van der Waals surface area contributed by atoms with Crippen LogP contribution in [0.2, 0.25) is 0 Å². The van der Waals surface area contributed by atoms with E-state index >= 15 is 0 Å². The third-order valence-electron chi connectivity index (χ3n) is 3.07. The molecule has 4 heteroatoms. The maximum atomic E-state index is 11.6. The minimum atomic E-state index is -0.946. The van der Waals surface area contributed by atoms with Crippen LogP contribution >= 0.6 is 0 Å². The number of rotatable bonds is 1. The molecular weight excluding hydrogens is 194 g/mol. The standard InChI is InChI=1S/C11H13NO3/c1-5-9(11(14)15)6(2)12-7-3-4-8(13)10(5)7/h5,12H,3-4H2,1-2H3,(H,14,15). The van der Waals surface area contributed by atoms with Gasteiger partial charge in [-0.25, -0.2) is 4.79 Å². The lowest BCUT2D eigenvalue weighted by Gasteiger charge is -2.24. The molecule has 0 spiro atoms. The van der Waals surface area contributed by atoms with E-state index in [2.05, 4.69) is 5.32 Å². The predicted molar refractivity (Wildman–Crippen MR) is 53.9 cm³/mol. The van der Waals surface area contributed by atoms with Gasteiger partial charge in [-0.15, -0.1) is 0 Å². The summed E-state index contributed by atoms with van der Waals surface area (Å²) in [7, 11) is 0. The van der Waals surface area contributed by atoms with Gasteiger partial charge in [-0.2, -0.15) is 0 Å². The molecule has 1 atom stereocenters. The zero-order chi connectivity index (χ0) is 11.2. The number of carboxylic acid groups (broad SMARTS) is 1. The molecule has 1 aliphatic carbocycles. The van der Waals surface area contributed by atoms with Crippen LogP contribution in [0.5, 0.6) is 0 Å². The van der Waals surface area contributed by atoms with Gasteiger partial charge in [-0.1, -0.05) is 6.92 Å². The van der Waals surface area contributed by atoms with Gasteiger partial charge >= 0.3 is 5.97 Å². The molecule has 0 aromatic carbocycles. The molecule has 2 N–H and O–H groups in total. The summed E-state index contributed by atoms with van der Waals surface area (Å²) in [6, 6.07) is 0. The fourth-order valence-electron chi connectivity index (χ4n) is 2.42. The summed E-state index contributed by atoms with van der Waals surface area (Å²) >= 11 is 0. The fourth-order valence-corrected chi connectivity index (χ4v) is 2.42. The molecule has 80 valence electrons. The molecule has 0 bridgehead atoms. The van der Waals surface area contributed by atoms with Crippen LogP contribution in [-0.2, 0) is 9.59 Å². The summed E-state index contributed by atoms with van der Waals surface area (Å²) in [5, 5.41) is 12.1. The van der Waals surface area contributed by atoms with Gasteiger partial charge in [0.2, 0.25) is 0 Å². The number of carboxylic acids is 1. The molecule has 0 aromatic heterocycles. The summed E-state index contributed by atoms with van der Waals surface area (Å²) in [6.07, 6.45) is 1.21. The summed E-state index contributed by atoms with van der Waals surface area (Å²) in [6.45, 7) is 3.53. The molecule has 0 fully saturated rings. The van der Waals surface area contributed by atoms with Crippen molar-refractivity contribution in [3.63, 3.8) is 0 Å². The number of nitrogens with one attached hydrogen (secondary N) is 1. The summed E-state index contributed by atoms with van der Waals surface area (Å²) in [5.74, 6) is -1.15. The van der Waals surface area contributed by atoms with Crippen molar-refractivity contribution in [3.05, 3.63) is 22.5 Å². The number of dihydropyridines is 1. The molecule has 2 rings (SSSR count). The van der Waals surface area contributed by atoms with E-state index in [-0.39, 0.29) is 11.7 Å². The Hall–Kier alpha value is -1.58. The van der Waals surface area contributed by atoms with Crippen LogP contribution in [0.15, 0.2) is 22.5 Å². The van der Waals surface area contributed by atoms with Crippen molar-refractivity contribution in [1.82, 2.24) is 5.32 Å². The van der Waals surface area contributed by atoms with Crippen molar-refractivity contribution < 1.29 is 14.7 Å². The van der Waals surface area contributed by atoms with Gasteiger partial charge in [0.15, 0.2) is 5.78 Å². The van der Waals surface area contributed by atoms with Crippen LogP contribution < -0.4 is 5.32 Å². The lowest BCUT2D eigenvalue weighted by molar-refractivity contribution is -0.133. The van der Waals surface area contributed by atoms with Gasteiger partial charge in [0.05, 0.1) is 5.57 Å². The lowest BCUT2D eigenvalue weighted by Crippen LogP contribution is -2.28. The Kier molecular flexibility index (Phi) is 2.14. The van der Waals surface area contributed by atoms with Gasteiger partial charge < -0.3 is 10.4 Å². The van der Waals surface area contributed by atoms with Crippen LogP contribution in [0.25, 0.3) is 0 Å². The average molecular weight is 207 g/mol. The number of hydrogen-bond acceptors (Lipinski definition) is 3. The molecule has 1 aliphatic heterocycles. The quantitative estimate of drug-likeness (QED) is 0.678. The molecule has 0 aromatic rings. The molecule has 2 aliphatic rings. The highest BCUT2D eigenvalue weighted by Crippen LogP contribution is 2.36. The van der Waals surface area contributed by atoms with Crippen LogP contribution in [0.1, 0.15) is 26.7 Å². The van der Waals surface area contributed by atoms with E-state index in [1.165, 1.54) is 0 Å². The molecule has 0 radical (unpaired) electrons. The van der Waals surface area contributed by atoms with E-state index in [4.69, 9.17) is 5.11 Å². The van der Waals surface area contributed by atoms with Crippen molar-refractivity contribution in [2.24, 2.45) is 5.92 Å². The molecule has 1 unspecified atom stereocenters. The zero-order valence-electron chi connectivity index (χ0n) is 8.76. The highest BCUT2D eigenvalue weighted by atomic mass is 16.4. The van der Waals surface area contributed by atoms with E-state index in [9.17, 15) is 9.59 Å². The molecule has 0 amide bonds. The monoisotopic (exact) mass is 207 g/mol. The van der Waals surface area contributed by atoms with E-state index in [1.807, 2.05) is 0 Å². The molecule has 0 saturated heterocycles. The predicted octanol–water partition coefficient (Wildman–Crippen LogP) is 1.20. The minimum Gasteiger partial charge on any atom is -0.478 e. The highest BCUT2D eigenvalue weighted by Gasteiger charge is 2.35. The Labute approximate surface area is 87.7 Å². The number of Topliss-reactive ketones (excluding diaryl/α,β-unsaturated/α-hetero) is 1. The van der Waals surface area contributed by atoms with Crippen molar-refractivity contribution in [3.8, 4) is 0 Å². The Morgan fingerprint density at radius 1 is 1.47 bits per heavy atom. The first-order valence-electron chi connectivity index (χ1n) is 4.99. The van der Waals surface area contributed by atoms with Crippen molar-refractivity contribution in [2.75, 3.05) is 0 Å². The van der Waals surface area contributed by atoms with Crippen molar-refractivity contribution >= 4 is 11.8 Å². The normalized spacial score (nSPS) is 25.5. The zero-order valence-corrected chi connectivity index (χ0v) is 8.76. The second-order valence-corrected chi connectivity index (χ2v) is 4.01. The molecule has 1 heterocycles. The maximum absolute atomic E-state index is 11.6. The van der Waals surface area contributed by atoms with E-state index in [1.54, 1.807) is 13.8 Å². The summed E-state index contributed by atoms with van der Waals surface area (Å²) in [5.41, 5.74) is 2.54. The van der Waals surface area contributed by atoms with Gasteiger partial charge in [-0.3, -0.25) is 4.79 Å². The number of aliphatic carboxylic acids is 1. The van der Waals surface area contributed by atoms with Crippen molar-refractivity contribution in [1.29, 1.82) is 0 Å². The van der Waals surface area contributed by atoms with Gasteiger partial charge in [-0.05, 0) is 13.3 Å². The Morgan fingerprint density at radius 3 is 2.73 bits per heavy atom. The number of carbonyl (C=O) groups excluding carboxylic acids is 1. The van der Waals surface area contributed by atoms with Crippen LogP contribution in [0.4, 0.5) is 0 Å². The first kappa shape index (κ1) is 9.96. The lowest BCUT2D eigenvalue weighted by atomic mass is 9.87. The Morgan fingerprint density at radius 2 is 2.13 bits per heavy atom. The van der Waals surface area contributed by atoms with E-state index in [0.717, 1.165) is 5.70 Å². The number of ketones is 1. The second-order valence-electron chi connectivity index (χ2n) is 4.01. The average Bonchev–Trinajstić information content (AvgIpc) is 2.46. The van der Waals surface area contributed by atoms with Crippen LogP contribution in [-0.4, -0.2) is 16.9 Å². The molecular formula is C11H13NO3. The third-order valence-corrected chi connectivity index (χ3v) is 3.07. The van der Waals surface area contributed by atoms with Gasteiger partial charge in [0, 0.05) is 29.3 Å². The molecule has 0 saturated carbocycles. The van der Waals surface area contributed by atoms with Crippen LogP contribution in [0, 0.1) is 5.92 Å².